The van der Waals surface area contributed by atoms with E-state index >= 15 is 0 Å². The van der Waals surface area contributed by atoms with E-state index in [1.807, 2.05) is 31.6 Å². The molecule has 0 unspecified atom stereocenters. The topological polar surface area (TPSA) is 46.1 Å². The Balaban J connectivity index is 1.91. The summed E-state index contributed by atoms with van der Waals surface area (Å²) in [6, 6.07) is 3.80. The molecule has 1 aromatic heterocycles. The normalized spacial score (nSPS) is 18.9. The van der Waals surface area contributed by atoms with Gasteiger partial charge in [0, 0.05) is 24.4 Å². The predicted molar refractivity (Wildman–Crippen MR) is 68.3 cm³/mol. The summed E-state index contributed by atoms with van der Waals surface area (Å²) < 4.78 is 1.70. The smallest absolute Gasteiger partial charge is 0.240 e. The van der Waals surface area contributed by atoms with E-state index in [4.69, 9.17) is 0 Å². The first-order valence-electron chi connectivity index (χ1n) is 6.36. The molecule has 0 bridgehead atoms. The zero-order chi connectivity index (χ0) is 12.1. The lowest BCUT2D eigenvalue weighted by atomic mass is 9.79. The molecule has 17 heavy (non-hydrogen) atoms. The fraction of sp³-hybridized carbons (Fsp3) is 0.615. The van der Waals surface area contributed by atoms with E-state index < -0.39 is 0 Å². The molecule has 0 atom stereocenters. The summed E-state index contributed by atoms with van der Waals surface area (Å²) in [5, 5.41) is 3.36. The van der Waals surface area contributed by atoms with E-state index in [0.717, 1.165) is 12.8 Å². The van der Waals surface area contributed by atoms with Crippen LogP contribution in [0.2, 0.25) is 0 Å². The molecule has 1 aromatic rings. The van der Waals surface area contributed by atoms with Gasteiger partial charge in [-0.1, -0.05) is 19.3 Å². The van der Waals surface area contributed by atoms with Gasteiger partial charge in [0.2, 0.25) is 5.91 Å². The average molecular weight is 235 g/mol. The second-order valence-corrected chi connectivity index (χ2v) is 4.89. The van der Waals surface area contributed by atoms with Crippen molar-refractivity contribution in [3.8, 4) is 0 Å². The fourth-order valence-electron chi connectivity index (χ4n) is 2.64. The second kappa shape index (κ2) is 5.36. The molecule has 1 aliphatic carbocycles. The lowest BCUT2D eigenvalue weighted by molar-refractivity contribution is -0.118. The van der Waals surface area contributed by atoms with Crippen LogP contribution in [-0.4, -0.2) is 23.2 Å². The third kappa shape index (κ3) is 3.09. The zero-order valence-electron chi connectivity index (χ0n) is 10.4. The van der Waals surface area contributed by atoms with E-state index in [-0.39, 0.29) is 11.4 Å². The Bertz CT molecular complexity index is 353. The Morgan fingerprint density at radius 2 is 1.88 bits per heavy atom. The number of hydrogen-bond acceptors (Lipinski definition) is 2. The van der Waals surface area contributed by atoms with Crippen LogP contribution in [0.5, 0.6) is 0 Å². The first-order chi connectivity index (χ1) is 8.24. The Kier molecular flexibility index (Phi) is 3.84. The summed E-state index contributed by atoms with van der Waals surface area (Å²) in [5.74, 6) is 0.0810. The highest BCUT2D eigenvalue weighted by Gasteiger charge is 2.32. The van der Waals surface area contributed by atoms with E-state index in [0.29, 0.717) is 6.42 Å². The van der Waals surface area contributed by atoms with Crippen LogP contribution in [0.1, 0.15) is 38.5 Å². The molecule has 0 radical (unpaired) electrons. The van der Waals surface area contributed by atoms with Crippen LogP contribution in [0.3, 0.4) is 0 Å². The summed E-state index contributed by atoms with van der Waals surface area (Å²) in [4.78, 5) is 12.0. The molecule has 0 saturated heterocycles. The molecule has 1 fully saturated rings. The van der Waals surface area contributed by atoms with E-state index in [1.165, 1.54) is 19.3 Å². The highest BCUT2D eigenvalue weighted by molar-refractivity contribution is 5.84. The SMILES string of the molecule is CNC1(CC(=O)Nn2cccc2)CCCCC1. The molecular formula is C13H21N3O. The van der Waals surface area contributed by atoms with Crippen molar-refractivity contribution in [3.63, 3.8) is 0 Å². The van der Waals surface area contributed by atoms with Crippen molar-refractivity contribution in [2.45, 2.75) is 44.1 Å². The number of nitrogens with one attached hydrogen (secondary N) is 2. The molecule has 1 saturated carbocycles. The van der Waals surface area contributed by atoms with Crippen molar-refractivity contribution in [1.29, 1.82) is 0 Å². The summed E-state index contributed by atoms with van der Waals surface area (Å²) in [7, 11) is 1.97. The first-order valence-corrected chi connectivity index (χ1v) is 6.36. The summed E-state index contributed by atoms with van der Waals surface area (Å²) in [6.07, 6.45) is 10.2. The highest BCUT2D eigenvalue weighted by atomic mass is 16.2. The fourth-order valence-corrected chi connectivity index (χ4v) is 2.64. The Morgan fingerprint density at radius 3 is 2.47 bits per heavy atom. The molecule has 94 valence electrons. The van der Waals surface area contributed by atoms with E-state index in [1.54, 1.807) is 4.68 Å². The standard InChI is InChI=1S/C13H21N3O/c1-14-13(7-3-2-4-8-13)11-12(17)15-16-9-5-6-10-16/h5-6,9-10,14H,2-4,7-8,11H2,1H3,(H,15,17). The maximum atomic E-state index is 12.0. The number of rotatable bonds is 4. The van der Waals surface area contributed by atoms with Gasteiger partial charge >= 0.3 is 0 Å². The van der Waals surface area contributed by atoms with Crippen molar-refractivity contribution in [2.24, 2.45) is 0 Å². The van der Waals surface area contributed by atoms with Crippen LogP contribution in [0.15, 0.2) is 24.5 Å². The van der Waals surface area contributed by atoms with E-state index in [2.05, 4.69) is 10.7 Å². The lowest BCUT2D eigenvalue weighted by Gasteiger charge is -2.36. The third-order valence-corrected chi connectivity index (χ3v) is 3.70. The Hall–Kier alpha value is -1.29. The van der Waals surface area contributed by atoms with Gasteiger partial charge in [-0.3, -0.25) is 14.9 Å². The molecule has 0 aliphatic heterocycles. The van der Waals surface area contributed by atoms with Crippen LogP contribution in [0.25, 0.3) is 0 Å². The summed E-state index contributed by atoms with van der Waals surface area (Å²) in [5.41, 5.74) is 2.88. The lowest BCUT2D eigenvalue weighted by Crippen LogP contribution is -2.47. The molecule has 0 aromatic carbocycles. The summed E-state index contributed by atoms with van der Waals surface area (Å²) in [6.45, 7) is 0. The molecule has 2 N–H and O–H groups in total. The van der Waals surface area contributed by atoms with Crippen molar-refractivity contribution in [1.82, 2.24) is 9.99 Å². The first kappa shape index (κ1) is 12.2. The quantitative estimate of drug-likeness (QED) is 0.837. The minimum Gasteiger partial charge on any atom is -0.314 e. The maximum absolute atomic E-state index is 12.0. The minimum atomic E-state index is 0.00941. The van der Waals surface area contributed by atoms with Gasteiger partial charge in [-0.25, -0.2) is 0 Å². The Labute approximate surface area is 102 Å². The maximum Gasteiger partial charge on any atom is 0.240 e. The molecule has 1 heterocycles. The molecule has 1 amide bonds. The Morgan fingerprint density at radius 1 is 1.24 bits per heavy atom. The van der Waals surface area contributed by atoms with Gasteiger partial charge in [0.25, 0.3) is 0 Å². The van der Waals surface area contributed by atoms with Gasteiger partial charge in [-0.2, -0.15) is 0 Å². The van der Waals surface area contributed by atoms with Crippen LogP contribution in [0, 0.1) is 0 Å². The molecule has 2 rings (SSSR count). The number of hydrogen-bond donors (Lipinski definition) is 2. The summed E-state index contributed by atoms with van der Waals surface area (Å²) >= 11 is 0. The van der Waals surface area contributed by atoms with Gasteiger partial charge in [0.1, 0.15) is 0 Å². The number of carbonyl (C=O) groups excluding carboxylic acids is 1. The second-order valence-electron chi connectivity index (χ2n) is 4.89. The molecule has 1 aliphatic rings. The predicted octanol–water partition coefficient (Wildman–Crippen LogP) is 1.87. The number of carbonyl (C=O) groups is 1. The number of aromatic nitrogens is 1. The van der Waals surface area contributed by atoms with Gasteiger partial charge < -0.3 is 5.32 Å². The van der Waals surface area contributed by atoms with Crippen molar-refractivity contribution in [2.75, 3.05) is 12.5 Å². The van der Waals surface area contributed by atoms with Crippen LogP contribution < -0.4 is 10.7 Å². The van der Waals surface area contributed by atoms with Crippen LogP contribution in [0.4, 0.5) is 0 Å². The van der Waals surface area contributed by atoms with Crippen molar-refractivity contribution < 1.29 is 4.79 Å². The van der Waals surface area contributed by atoms with Crippen molar-refractivity contribution in [3.05, 3.63) is 24.5 Å². The van der Waals surface area contributed by atoms with Gasteiger partial charge in [0.05, 0.1) is 0 Å². The molecular weight excluding hydrogens is 214 g/mol. The molecule has 0 spiro atoms. The number of nitrogens with zero attached hydrogens (tertiary/aromatic N) is 1. The van der Waals surface area contributed by atoms with Gasteiger partial charge in [-0.05, 0) is 32.0 Å². The third-order valence-electron chi connectivity index (χ3n) is 3.70. The highest BCUT2D eigenvalue weighted by Crippen LogP contribution is 2.30. The minimum absolute atomic E-state index is 0.00941. The average Bonchev–Trinajstić information content (AvgIpc) is 2.83. The molecule has 4 nitrogen and oxygen atoms in total. The number of amides is 1. The van der Waals surface area contributed by atoms with Crippen LogP contribution >= 0.6 is 0 Å². The van der Waals surface area contributed by atoms with Gasteiger partial charge in [0.15, 0.2) is 0 Å². The largest absolute Gasteiger partial charge is 0.314 e. The molecule has 4 heteroatoms. The van der Waals surface area contributed by atoms with Crippen LogP contribution in [-0.2, 0) is 4.79 Å². The van der Waals surface area contributed by atoms with E-state index in [9.17, 15) is 4.79 Å². The zero-order valence-corrected chi connectivity index (χ0v) is 10.4. The van der Waals surface area contributed by atoms with Gasteiger partial charge in [-0.15, -0.1) is 0 Å². The van der Waals surface area contributed by atoms with Crippen molar-refractivity contribution >= 4 is 5.91 Å². The monoisotopic (exact) mass is 235 g/mol.